The molecular weight excluding hydrogens is 372 g/mol. The summed E-state index contributed by atoms with van der Waals surface area (Å²) in [5, 5.41) is 5.80. The van der Waals surface area contributed by atoms with E-state index < -0.39 is 9.84 Å². The molecule has 2 rings (SSSR count). The number of nitrogens with one attached hydrogen (secondary N) is 2. The number of carbonyl (C=O) groups excluding carboxylic acids is 2. The highest BCUT2D eigenvalue weighted by atomic mass is 32.2. The van der Waals surface area contributed by atoms with E-state index in [-0.39, 0.29) is 35.3 Å². The number of carbonyl (C=O) groups is 2. The summed E-state index contributed by atoms with van der Waals surface area (Å²) in [6, 6.07) is 8.18. The van der Waals surface area contributed by atoms with Crippen molar-refractivity contribution in [1.29, 1.82) is 0 Å². The molecule has 0 aliphatic carbocycles. The van der Waals surface area contributed by atoms with E-state index in [1.165, 1.54) is 18.4 Å². The smallest absolute Gasteiger partial charge is 0.254 e. The molecule has 1 aromatic heterocycles. The van der Waals surface area contributed by atoms with E-state index >= 15 is 0 Å². The molecule has 0 radical (unpaired) electrons. The van der Waals surface area contributed by atoms with Crippen molar-refractivity contribution in [2.24, 2.45) is 0 Å². The number of rotatable bonds is 7. The molecule has 2 amide bonds. The maximum atomic E-state index is 12.2. The Kier molecular flexibility index (Phi) is 6.55. The zero-order chi connectivity index (χ0) is 19.3. The van der Waals surface area contributed by atoms with Crippen LogP contribution < -0.4 is 10.6 Å². The van der Waals surface area contributed by atoms with Crippen molar-refractivity contribution < 1.29 is 18.0 Å². The summed E-state index contributed by atoms with van der Waals surface area (Å²) in [6.07, 6.45) is 0.275. The summed E-state index contributed by atoms with van der Waals surface area (Å²) in [7, 11) is -1.86. The van der Waals surface area contributed by atoms with Crippen LogP contribution in [0.25, 0.3) is 0 Å². The molecule has 1 heterocycles. The van der Waals surface area contributed by atoms with Crippen molar-refractivity contribution in [3.8, 4) is 0 Å². The van der Waals surface area contributed by atoms with Crippen LogP contribution in [0.3, 0.4) is 0 Å². The molecule has 8 heteroatoms. The second-order valence-electron chi connectivity index (χ2n) is 5.85. The summed E-state index contributed by atoms with van der Waals surface area (Å²) < 4.78 is 24.4. The summed E-state index contributed by atoms with van der Waals surface area (Å²) in [5.41, 5.74) is 1.29. The first-order chi connectivity index (χ1) is 12.3. The number of benzene rings is 1. The number of thiophene rings is 1. The standard InChI is InChI=1S/C18H22N2O4S2/c1-12-13(2)25-18(16(12)17(22)19-3)20-15(21)10-7-11-26(23,24)14-8-5-4-6-9-14/h4-6,8-9H,7,10-11H2,1-3H3,(H,19,22)(H,20,21). The Morgan fingerprint density at radius 1 is 1.12 bits per heavy atom. The van der Waals surface area contributed by atoms with Gasteiger partial charge in [-0.1, -0.05) is 18.2 Å². The highest BCUT2D eigenvalue weighted by Gasteiger charge is 2.20. The van der Waals surface area contributed by atoms with Gasteiger partial charge in [0.05, 0.1) is 16.2 Å². The molecule has 1 aromatic carbocycles. The Bertz CT molecular complexity index is 903. The van der Waals surface area contributed by atoms with Crippen LogP contribution in [-0.2, 0) is 14.6 Å². The van der Waals surface area contributed by atoms with E-state index in [9.17, 15) is 18.0 Å². The summed E-state index contributed by atoms with van der Waals surface area (Å²) in [5.74, 6) is -0.664. The zero-order valence-electron chi connectivity index (χ0n) is 15.0. The summed E-state index contributed by atoms with van der Waals surface area (Å²) in [4.78, 5) is 25.4. The van der Waals surface area contributed by atoms with Gasteiger partial charge in [-0.05, 0) is 38.0 Å². The second-order valence-corrected chi connectivity index (χ2v) is 9.18. The van der Waals surface area contributed by atoms with Crippen molar-refractivity contribution in [2.75, 3.05) is 18.1 Å². The average molecular weight is 395 g/mol. The molecular formula is C18H22N2O4S2. The Morgan fingerprint density at radius 2 is 1.77 bits per heavy atom. The van der Waals surface area contributed by atoms with Gasteiger partial charge in [0.25, 0.3) is 5.91 Å². The molecule has 0 aliphatic heterocycles. The van der Waals surface area contributed by atoms with Gasteiger partial charge in [0.2, 0.25) is 5.91 Å². The van der Waals surface area contributed by atoms with Crippen molar-refractivity contribution in [1.82, 2.24) is 5.32 Å². The number of aryl methyl sites for hydroxylation is 1. The van der Waals surface area contributed by atoms with Gasteiger partial charge in [-0.2, -0.15) is 0 Å². The van der Waals surface area contributed by atoms with Gasteiger partial charge >= 0.3 is 0 Å². The maximum absolute atomic E-state index is 12.2. The predicted molar refractivity (Wildman–Crippen MR) is 104 cm³/mol. The van der Waals surface area contributed by atoms with Crippen LogP contribution in [0.15, 0.2) is 35.2 Å². The lowest BCUT2D eigenvalue weighted by Crippen LogP contribution is -2.21. The fourth-order valence-electron chi connectivity index (χ4n) is 2.47. The Hall–Kier alpha value is -2.19. The van der Waals surface area contributed by atoms with Gasteiger partial charge in [-0.3, -0.25) is 9.59 Å². The first-order valence-electron chi connectivity index (χ1n) is 8.16. The van der Waals surface area contributed by atoms with Gasteiger partial charge in [0, 0.05) is 18.3 Å². The van der Waals surface area contributed by atoms with Gasteiger partial charge < -0.3 is 10.6 Å². The Balaban J connectivity index is 1.98. The number of sulfone groups is 1. The molecule has 0 fully saturated rings. The molecule has 0 atom stereocenters. The van der Waals surface area contributed by atoms with Crippen LogP contribution in [0.4, 0.5) is 5.00 Å². The topological polar surface area (TPSA) is 92.3 Å². The number of anilines is 1. The highest BCUT2D eigenvalue weighted by molar-refractivity contribution is 7.91. The van der Waals surface area contributed by atoms with Crippen LogP contribution in [-0.4, -0.2) is 33.0 Å². The molecule has 0 bridgehead atoms. The maximum Gasteiger partial charge on any atom is 0.254 e. The van der Waals surface area contributed by atoms with E-state index in [1.54, 1.807) is 30.3 Å². The van der Waals surface area contributed by atoms with Gasteiger partial charge in [0.15, 0.2) is 9.84 Å². The van der Waals surface area contributed by atoms with Crippen molar-refractivity contribution >= 4 is 38.0 Å². The fraction of sp³-hybridized carbons (Fsp3) is 0.333. The van der Waals surface area contributed by atoms with Gasteiger partial charge in [-0.15, -0.1) is 11.3 Å². The summed E-state index contributed by atoms with van der Waals surface area (Å²) in [6.45, 7) is 3.72. The first-order valence-corrected chi connectivity index (χ1v) is 10.6. The number of hydrogen-bond donors (Lipinski definition) is 2. The first kappa shape index (κ1) is 20.1. The van der Waals surface area contributed by atoms with Crippen molar-refractivity contribution in [3.05, 3.63) is 46.3 Å². The van der Waals surface area contributed by atoms with Crippen LogP contribution in [0.5, 0.6) is 0 Å². The lowest BCUT2D eigenvalue weighted by atomic mass is 10.1. The van der Waals surface area contributed by atoms with E-state index in [4.69, 9.17) is 0 Å². The lowest BCUT2D eigenvalue weighted by molar-refractivity contribution is -0.116. The molecule has 0 saturated heterocycles. The third-order valence-electron chi connectivity index (χ3n) is 4.01. The predicted octanol–water partition coefficient (Wildman–Crippen LogP) is 2.92. The van der Waals surface area contributed by atoms with E-state index in [2.05, 4.69) is 10.6 Å². The highest BCUT2D eigenvalue weighted by Crippen LogP contribution is 2.32. The van der Waals surface area contributed by atoms with Crippen LogP contribution in [0.2, 0.25) is 0 Å². The zero-order valence-corrected chi connectivity index (χ0v) is 16.6. The molecule has 2 aromatic rings. The number of hydrogen-bond acceptors (Lipinski definition) is 5. The normalized spacial score (nSPS) is 11.2. The minimum absolute atomic E-state index is 0.0647. The Labute approximate surface area is 157 Å². The molecule has 0 spiro atoms. The lowest BCUT2D eigenvalue weighted by Gasteiger charge is -2.07. The quantitative estimate of drug-likeness (QED) is 0.755. The van der Waals surface area contributed by atoms with E-state index in [1.807, 2.05) is 13.8 Å². The third-order valence-corrected chi connectivity index (χ3v) is 6.95. The van der Waals surface area contributed by atoms with E-state index in [0.29, 0.717) is 10.6 Å². The van der Waals surface area contributed by atoms with Gasteiger partial charge in [0.1, 0.15) is 5.00 Å². The molecule has 26 heavy (non-hydrogen) atoms. The van der Waals surface area contributed by atoms with Crippen molar-refractivity contribution in [2.45, 2.75) is 31.6 Å². The minimum Gasteiger partial charge on any atom is -0.355 e. The molecule has 0 unspecified atom stereocenters. The van der Waals surface area contributed by atoms with E-state index in [0.717, 1.165) is 10.4 Å². The number of amides is 2. The van der Waals surface area contributed by atoms with Crippen LogP contribution >= 0.6 is 11.3 Å². The van der Waals surface area contributed by atoms with Crippen molar-refractivity contribution in [3.63, 3.8) is 0 Å². The fourth-order valence-corrected chi connectivity index (χ4v) is 4.88. The van der Waals surface area contributed by atoms with Crippen LogP contribution in [0.1, 0.15) is 33.6 Å². The monoisotopic (exact) mass is 394 g/mol. The molecule has 6 nitrogen and oxygen atoms in total. The SMILES string of the molecule is CNC(=O)c1c(NC(=O)CCCS(=O)(=O)c2ccccc2)sc(C)c1C. The molecule has 0 saturated carbocycles. The Morgan fingerprint density at radius 3 is 2.38 bits per heavy atom. The average Bonchev–Trinajstić information content (AvgIpc) is 2.88. The minimum atomic E-state index is -3.40. The summed E-state index contributed by atoms with van der Waals surface area (Å²) >= 11 is 1.34. The largest absolute Gasteiger partial charge is 0.355 e. The molecule has 2 N–H and O–H groups in total. The molecule has 0 aliphatic rings. The molecule has 140 valence electrons. The third kappa shape index (κ3) is 4.70. The van der Waals surface area contributed by atoms with Gasteiger partial charge in [-0.25, -0.2) is 8.42 Å². The second kappa shape index (κ2) is 8.46. The van der Waals surface area contributed by atoms with Crippen LogP contribution in [0, 0.1) is 13.8 Å².